The lowest BCUT2D eigenvalue weighted by molar-refractivity contribution is -0.385. The highest BCUT2D eigenvalue weighted by atomic mass is 35.5. The lowest BCUT2D eigenvalue weighted by Gasteiger charge is -2.12. The predicted octanol–water partition coefficient (Wildman–Crippen LogP) is 1.32. The van der Waals surface area contributed by atoms with Crippen LogP contribution in [-0.2, 0) is 19.5 Å². The number of amides is 1. The third-order valence-corrected chi connectivity index (χ3v) is 3.65. The molecule has 0 unspecified atom stereocenters. The number of halogens is 1. The van der Waals surface area contributed by atoms with Crippen LogP contribution in [0.15, 0.2) is 24.3 Å². The Balaban J connectivity index is 0.00000192. The topological polar surface area (TPSA) is 113 Å². The Kier molecular flexibility index (Phi) is 5.30. The highest BCUT2D eigenvalue weighted by molar-refractivity contribution is 5.94. The number of nitro groups is 1. The number of fused-ring (bicyclic) bond motifs is 1. The summed E-state index contributed by atoms with van der Waals surface area (Å²) in [6, 6.07) is 6.34. The molecule has 1 aromatic carbocycles. The van der Waals surface area contributed by atoms with Gasteiger partial charge in [0, 0.05) is 48.9 Å². The first-order valence-corrected chi connectivity index (χ1v) is 6.94. The summed E-state index contributed by atoms with van der Waals surface area (Å²) in [4.78, 5) is 22.7. The number of carbonyl (C=O) groups is 1. The molecule has 8 nitrogen and oxygen atoms in total. The number of nitrogens with zero attached hydrogens (tertiary/aromatic N) is 2. The Labute approximate surface area is 138 Å². The van der Waals surface area contributed by atoms with E-state index >= 15 is 0 Å². The van der Waals surface area contributed by atoms with Gasteiger partial charge in [-0.15, -0.1) is 12.4 Å². The molecule has 0 radical (unpaired) electrons. The standard InChI is InChI=1S/C14H15N5O3.ClH/c20-14(13-10-8-15-6-5-11(10)17-18-13)16-7-9-3-1-2-4-12(9)19(21)22;/h1-4,15H,5-8H2,(H,16,20)(H,17,18);1H. The van der Waals surface area contributed by atoms with Gasteiger partial charge in [-0.2, -0.15) is 5.10 Å². The third-order valence-electron chi connectivity index (χ3n) is 3.65. The van der Waals surface area contributed by atoms with E-state index in [1.807, 2.05) is 0 Å². The summed E-state index contributed by atoms with van der Waals surface area (Å²) < 4.78 is 0. The van der Waals surface area contributed by atoms with Crippen LogP contribution in [0, 0.1) is 10.1 Å². The maximum absolute atomic E-state index is 12.2. The van der Waals surface area contributed by atoms with Gasteiger partial charge in [-0.05, 0) is 0 Å². The summed E-state index contributed by atoms with van der Waals surface area (Å²) in [6.07, 6.45) is 0.805. The van der Waals surface area contributed by atoms with Crippen molar-refractivity contribution in [3.05, 3.63) is 56.9 Å². The zero-order chi connectivity index (χ0) is 15.5. The van der Waals surface area contributed by atoms with Crippen molar-refractivity contribution < 1.29 is 9.72 Å². The second-order valence-corrected chi connectivity index (χ2v) is 5.02. The summed E-state index contributed by atoms with van der Waals surface area (Å²) >= 11 is 0. The smallest absolute Gasteiger partial charge is 0.274 e. The number of carbonyl (C=O) groups excluding carboxylic acids is 1. The average molecular weight is 338 g/mol. The van der Waals surface area contributed by atoms with Crippen LogP contribution in [0.25, 0.3) is 0 Å². The fraction of sp³-hybridized carbons (Fsp3) is 0.286. The molecule has 0 saturated carbocycles. The molecule has 9 heteroatoms. The Bertz CT molecular complexity index is 731. The largest absolute Gasteiger partial charge is 0.346 e. The molecule has 2 aromatic rings. The summed E-state index contributed by atoms with van der Waals surface area (Å²) in [5.41, 5.74) is 2.64. The van der Waals surface area contributed by atoms with Crippen molar-refractivity contribution in [3.8, 4) is 0 Å². The van der Waals surface area contributed by atoms with Crippen molar-refractivity contribution in [3.63, 3.8) is 0 Å². The molecule has 0 spiro atoms. The van der Waals surface area contributed by atoms with Gasteiger partial charge < -0.3 is 10.6 Å². The van der Waals surface area contributed by atoms with Gasteiger partial charge in [0.2, 0.25) is 0 Å². The van der Waals surface area contributed by atoms with Crippen LogP contribution in [0.5, 0.6) is 0 Å². The SMILES string of the molecule is Cl.O=C(NCc1ccccc1[N+](=O)[O-])c1n[nH]c2c1CNCC2. The maximum atomic E-state index is 12.2. The number of nitro benzene ring substituents is 1. The Morgan fingerprint density at radius 3 is 2.96 bits per heavy atom. The molecule has 122 valence electrons. The van der Waals surface area contributed by atoms with Crippen molar-refractivity contribution in [2.45, 2.75) is 19.5 Å². The average Bonchev–Trinajstić information content (AvgIpc) is 2.97. The predicted molar refractivity (Wildman–Crippen MR) is 85.5 cm³/mol. The van der Waals surface area contributed by atoms with E-state index in [-0.39, 0.29) is 30.5 Å². The Hall–Kier alpha value is -2.45. The van der Waals surface area contributed by atoms with Crippen LogP contribution < -0.4 is 10.6 Å². The Morgan fingerprint density at radius 1 is 1.39 bits per heavy atom. The fourth-order valence-electron chi connectivity index (χ4n) is 2.51. The molecule has 0 saturated heterocycles. The van der Waals surface area contributed by atoms with Crippen LogP contribution in [0.1, 0.15) is 27.3 Å². The molecule has 0 bridgehead atoms. The lowest BCUT2D eigenvalue weighted by atomic mass is 10.1. The highest BCUT2D eigenvalue weighted by Gasteiger charge is 2.22. The van der Waals surface area contributed by atoms with Crippen molar-refractivity contribution in [1.29, 1.82) is 0 Å². The van der Waals surface area contributed by atoms with Gasteiger partial charge in [0.15, 0.2) is 5.69 Å². The van der Waals surface area contributed by atoms with E-state index in [1.165, 1.54) is 6.07 Å². The first-order valence-electron chi connectivity index (χ1n) is 6.94. The normalized spacial score (nSPS) is 12.9. The van der Waals surface area contributed by atoms with E-state index in [9.17, 15) is 14.9 Å². The highest BCUT2D eigenvalue weighted by Crippen LogP contribution is 2.18. The van der Waals surface area contributed by atoms with E-state index in [0.717, 1.165) is 24.2 Å². The number of H-pyrrole nitrogens is 1. The molecule has 1 aromatic heterocycles. The van der Waals surface area contributed by atoms with Gasteiger partial charge in [0.25, 0.3) is 11.6 Å². The zero-order valence-electron chi connectivity index (χ0n) is 12.2. The molecule has 1 aliphatic rings. The molecule has 0 fully saturated rings. The van der Waals surface area contributed by atoms with Gasteiger partial charge in [0.1, 0.15) is 0 Å². The molecular formula is C14H16ClN5O3. The van der Waals surface area contributed by atoms with Crippen LogP contribution in [-0.4, -0.2) is 27.6 Å². The molecule has 2 heterocycles. The second kappa shape index (κ2) is 7.21. The number of nitrogens with one attached hydrogen (secondary N) is 3. The number of rotatable bonds is 4. The lowest BCUT2D eigenvalue weighted by Crippen LogP contribution is -2.28. The molecule has 1 amide bonds. The Morgan fingerprint density at radius 2 is 2.17 bits per heavy atom. The fourth-order valence-corrected chi connectivity index (χ4v) is 2.51. The van der Waals surface area contributed by atoms with Crippen molar-refractivity contribution in [2.24, 2.45) is 0 Å². The van der Waals surface area contributed by atoms with E-state index in [4.69, 9.17) is 0 Å². The van der Waals surface area contributed by atoms with Gasteiger partial charge in [0.05, 0.1) is 4.92 Å². The van der Waals surface area contributed by atoms with Crippen molar-refractivity contribution in [1.82, 2.24) is 20.8 Å². The van der Waals surface area contributed by atoms with E-state index in [2.05, 4.69) is 20.8 Å². The third kappa shape index (κ3) is 3.49. The summed E-state index contributed by atoms with van der Waals surface area (Å²) in [7, 11) is 0. The molecule has 3 rings (SSSR count). The monoisotopic (exact) mass is 337 g/mol. The van der Waals surface area contributed by atoms with Gasteiger partial charge in [-0.1, -0.05) is 18.2 Å². The molecule has 0 aliphatic carbocycles. The van der Waals surface area contributed by atoms with Crippen molar-refractivity contribution >= 4 is 24.0 Å². The summed E-state index contributed by atoms with van der Waals surface area (Å²) in [6.45, 7) is 1.54. The van der Waals surface area contributed by atoms with Crippen LogP contribution in [0.3, 0.4) is 0 Å². The van der Waals surface area contributed by atoms with Crippen LogP contribution in [0.4, 0.5) is 5.69 Å². The minimum Gasteiger partial charge on any atom is -0.346 e. The van der Waals surface area contributed by atoms with Gasteiger partial charge in [-0.3, -0.25) is 20.0 Å². The van der Waals surface area contributed by atoms with Crippen LogP contribution in [0.2, 0.25) is 0 Å². The summed E-state index contributed by atoms with van der Waals surface area (Å²) in [5.74, 6) is -0.334. The van der Waals surface area contributed by atoms with Crippen molar-refractivity contribution in [2.75, 3.05) is 6.54 Å². The first-order chi connectivity index (χ1) is 10.7. The minimum absolute atomic E-state index is 0. The minimum atomic E-state index is -0.457. The number of benzene rings is 1. The molecule has 23 heavy (non-hydrogen) atoms. The number of para-hydroxylation sites is 1. The molecular weight excluding hydrogens is 322 g/mol. The zero-order valence-corrected chi connectivity index (χ0v) is 13.0. The number of hydrogen-bond acceptors (Lipinski definition) is 5. The molecule has 3 N–H and O–H groups in total. The molecule has 1 aliphatic heterocycles. The first kappa shape index (κ1) is 16.9. The van der Waals surface area contributed by atoms with Gasteiger partial charge >= 0.3 is 0 Å². The van der Waals surface area contributed by atoms with E-state index in [0.29, 0.717) is 17.8 Å². The molecule has 0 atom stereocenters. The maximum Gasteiger partial charge on any atom is 0.274 e. The number of aromatic amines is 1. The quantitative estimate of drug-likeness (QED) is 0.575. The van der Waals surface area contributed by atoms with E-state index in [1.54, 1.807) is 18.2 Å². The summed E-state index contributed by atoms with van der Waals surface area (Å²) in [5, 5.41) is 23.8. The van der Waals surface area contributed by atoms with Gasteiger partial charge in [-0.25, -0.2) is 0 Å². The number of hydrogen-bond donors (Lipinski definition) is 3. The van der Waals surface area contributed by atoms with Crippen LogP contribution >= 0.6 is 12.4 Å². The second-order valence-electron chi connectivity index (χ2n) is 5.02. The number of aromatic nitrogens is 2. The van der Waals surface area contributed by atoms with E-state index < -0.39 is 4.92 Å².